The van der Waals surface area contributed by atoms with E-state index in [1.54, 1.807) is 33.8 Å². The maximum atomic E-state index is 12.2. The van der Waals surface area contributed by atoms with Gasteiger partial charge in [0.15, 0.2) is 0 Å². The van der Waals surface area contributed by atoms with Crippen molar-refractivity contribution in [2.45, 2.75) is 64.9 Å². The predicted octanol–water partition coefficient (Wildman–Crippen LogP) is 1.69. The summed E-state index contributed by atoms with van der Waals surface area (Å²) in [6.07, 6.45) is -0.690. The molecule has 0 unspecified atom stereocenters. The lowest BCUT2D eigenvalue weighted by Crippen LogP contribution is -2.55. The van der Waals surface area contributed by atoms with Gasteiger partial charge in [0.1, 0.15) is 24.6 Å². The molecule has 27 heavy (non-hydrogen) atoms. The van der Waals surface area contributed by atoms with Gasteiger partial charge in [-0.05, 0) is 33.8 Å². The number of esters is 2. The molecule has 1 N–H and O–H groups in total. The monoisotopic (exact) mass is 387 g/mol. The molecule has 1 aliphatic carbocycles. The van der Waals surface area contributed by atoms with E-state index in [1.807, 2.05) is 0 Å². The van der Waals surface area contributed by atoms with Crippen molar-refractivity contribution >= 4 is 18.0 Å². The van der Waals surface area contributed by atoms with Gasteiger partial charge in [0.25, 0.3) is 0 Å². The zero-order valence-electron chi connectivity index (χ0n) is 16.7. The Hall–Kier alpha value is -2.13. The van der Waals surface area contributed by atoms with Crippen LogP contribution in [0.1, 0.15) is 41.0 Å². The van der Waals surface area contributed by atoms with E-state index in [4.69, 9.17) is 23.7 Å². The fraction of sp³-hybridized carbons (Fsp3) is 0.722. The number of amides is 1. The van der Waals surface area contributed by atoms with Gasteiger partial charge in [0.05, 0.1) is 12.6 Å². The van der Waals surface area contributed by atoms with Crippen LogP contribution >= 0.6 is 0 Å². The molecular weight excluding hydrogens is 358 g/mol. The topological polar surface area (TPSA) is 109 Å². The Bertz CT molecular complexity index is 566. The molecule has 1 amide bonds. The van der Waals surface area contributed by atoms with E-state index in [2.05, 4.69) is 5.32 Å². The molecule has 0 fully saturated rings. The van der Waals surface area contributed by atoms with E-state index in [-0.39, 0.29) is 19.8 Å². The molecule has 0 aromatic carbocycles. The van der Waals surface area contributed by atoms with Gasteiger partial charge in [0.2, 0.25) is 0 Å². The molecule has 0 aliphatic heterocycles. The maximum absolute atomic E-state index is 12.2. The van der Waals surface area contributed by atoms with Crippen molar-refractivity contribution in [2.75, 3.05) is 20.5 Å². The van der Waals surface area contributed by atoms with Gasteiger partial charge in [-0.2, -0.15) is 0 Å². The average Bonchev–Trinajstić information content (AvgIpc) is 2.52. The van der Waals surface area contributed by atoms with Crippen molar-refractivity contribution < 1.29 is 38.1 Å². The van der Waals surface area contributed by atoms with Gasteiger partial charge < -0.3 is 29.0 Å². The van der Waals surface area contributed by atoms with Crippen LogP contribution < -0.4 is 5.32 Å². The molecule has 9 heteroatoms. The summed E-state index contributed by atoms with van der Waals surface area (Å²) in [6.45, 7) is 8.25. The van der Waals surface area contributed by atoms with Crippen LogP contribution in [0.2, 0.25) is 0 Å². The lowest BCUT2D eigenvalue weighted by atomic mass is 9.89. The van der Waals surface area contributed by atoms with Gasteiger partial charge >= 0.3 is 18.0 Å². The Morgan fingerprint density at radius 3 is 2.44 bits per heavy atom. The highest BCUT2D eigenvalue weighted by atomic mass is 16.7. The highest BCUT2D eigenvalue weighted by Crippen LogP contribution is 2.26. The van der Waals surface area contributed by atoms with Crippen molar-refractivity contribution in [2.24, 2.45) is 0 Å². The first-order valence-electron chi connectivity index (χ1n) is 8.72. The number of ether oxygens (including phenoxy) is 5. The second-order valence-electron chi connectivity index (χ2n) is 6.97. The number of alkyl carbamates (subject to hydrolysis) is 1. The molecule has 9 nitrogen and oxygen atoms in total. The summed E-state index contributed by atoms with van der Waals surface area (Å²) in [4.78, 5) is 35.9. The summed E-state index contributed by atoms with van der Waals surface area (Å²) >= 11 is 0. The predicted molar refractivity (Wildman–Crippen MR) is 94.8 cm³/mol. The Balaban J connectivity index is 3.10. The van der Waals surface area contributed by atoms with Crippen LogP contribution in [0.4, 0.5) is 4.79 Å². The molecule has 0 heterocycles. The number of nitrogens with one attached hydrogen (secondary N) is 1. The van der Waals surface area contributed by atoms with Crippen LogP contribution in [0.25, 0.3) is 0 Å². The third-order valence-electron chi connectivity index (χ3n) is 3.46. The summed E-state index contributed by atoms with van der Waals surface area (Å²) in [5.41, 5.74) is -0.406. The van der Waals surface area contributed by atoms with E-state index < -0.39 is 41.9 Å². The van der Waals surface area contributed by atoms with Gasteiger partial charge in [-0.25, -0.2) is 9.59 Å². The quantitative estimate of drug-likeness (QED) is 0.399. The van der Waals surface area contributed by atoms with Crippen molar-refractivity contribution in [1.29, 1.82) is 0 Å². The zero-order valence-corrected chi connectivity index (χ0v) is 16.7. The number of carbonyl (C=O) groups is 3. The molecule has 0 saturated heterocycles. The van der Waals surface area contributed by atoms with Crippen LogP contribution in [-0.4, -0.2) is 62.4 Å². The Labute approximate surface area is 159 Å². The Kier molecular flexibility index (Phi) is 8.71. The molecule has 0 aromatic heterocycles. The van der Waals surface area contributed by atoms with Crippen LogP contribution in [-0.2, 0) is 33.3 Å². The minimum Gasteiger partial charge on any atom is -0.463 e. The minimum absolute atomic E-state index is 0.0751. The van der Waals surface area contributed by atoms with Crippen LogP contribution in [0.3, 0.4) is 0 Å². The van der Waals surface area contributed by atoms with Gasteiger partial charge in [-0.1, -0.05) is 0 Å². The summed E-state index contributed by atoms with van der Waals surface area (Å²) in [5, 5.41) is 2.67. The number of hydrogen-bond acceptors (Lipinski definition) is 8. The first kappa shape index (κ1) is 22.9. The second kappa shape index (κ2) is 10.3. The Morgan fingerprint density at radius 2 is 1.93 bits per heavy atom. The molecule has 0 bridgehead atoms. The summed E-state index contributed by atoms with van der Waals surface area (Å²) < 4.78 is 26.1. The molecule has 0 spiro atoms. The van der Waals surface area contributed by atoms with E-state index in [1.165, 1.54) is 14.0 Å². The summed E-state index contributed by atoms with van der Waals surface area (Å²) in [7, 11) is 1.44. The average molecular weight is 387 g/mol. The van der Waals surface area contributed by atoms with Gasteiger partial charge in [-0.15, -0.1) is 0 Å². The second-order valence-corrected chi connectivity index (χ2v) is 6.97. The highest BCUT2D eigenvalue weighted by molar-refractivity contribution is 5.89. The maximum Gasteiger partial charge on any atom is 0.408 e. The molecular formula is C18H29NO8. The minimum atomic E-state index is -0.832. The molecule has 1 aliphatic rings. The van der Waals surface area contributed by atoms with Crippen LogP contribution in [0.5, 0.6) is 0 Å². The number of methoxy groups -OCH3 is 1. The van der Waals surface area contributed by atoms with Crippen molar-refractivity contribution in [3.8, 4) is 0 Å². The van der Waals surface area contributed by atoms with E-state index in [0.717, 1.165) is 0 Å². The van der Waals surface area contributed by atoms with Gasteiger partial charge in [0, 0.05) is 26.0 Å². The lowest BCUT2D eigenvalue weighted by Gasteiger charge is -2.36. The molecule has 0 radical (unpaired) electrons. The molecule has 3 atom stereocenters. The standard InChI is InChI=1S/C18H29NO8/c1-7-24-16(21)12-8-13(25-10-23-6)15(14(9-12)26-11(2)20)19-17(22)27-18(3,4)5/h8,13-15H,7,9-10H2,1-6H3,(H,19,22)/t13-,14+,15+/m1/s1. The SMILES string of the molecule is CCOC(=O)C1=C[C@@H](OCOC)[C@H](NC(=O)OC(C)(C)C)[C@@H](OC(C)=O)C1. The lowest BCUT2D eigenvalue weighted by molar-refractivity contribution is -0.154. The normalized spacial score (nSPS) is 22.4. The van der Waals surface area contributed by atoms with E-state index in [0.29, 0.717) is 5.57 Å². The van der Waals surface area contributed by atoms with Gasteiger partial charge in [-0.3, -0.25) is 4.79 Å². The summed E-state index contributed by atoms with van der Waals surface area (Å²) in [6, 6.07) is -0.767. The smallest absolute Gasteiger partial charge is 0.408 e. The van der Waals surface area contributed by atoms with E-state index in [9.17, 15) is 14.4 Å². The molecule has 1 rings (SSSR count). The zero-order chi connectivity index (χ0) is 20.6. The first-order chi connectivity index (χ1) is 12.6. The van der Waals surface area contributed by atoms with Crippen LogP contribution in [0.15, 0.2) is 11.6 Å². The Morgan fingerprint density at radius 1 is 1.26 bits per heavy atom. The van der Waals surface area contributed by atoms with Crippen molar-refractivity contribution in [1.82, 2.24) is 5.32 Å². The highest BCUT2D eigenvalue weighted by Gasteiger charge is 2.40. The third-order valence-corrected chi connectivity index (χ3v) is 3.46. The first-order valence-corrected chi connectivity index (χ1v) is 8.72. The number of carbonyl (C=O) groups excluding carboxylic acids is 3. The number of hydrogen-bond donors (Lipinski definition) is 1. The molecule has 0 aromatic rings. The third kappa shape index (κ3) is 7.96. The number of rotatable bonds is 7. The van der Waals surface area contributed by atoms with Crippen molar-refractivity contribution in [3.63, 3.8) is 0 Å². The summed E-state index contributed by atoms with van der Waals surface area (Å²) in [5.74, 6) is -1.08. The largest absolute Gasteiger partial charge is 0.463 e. The molecule has 154 valence electrons. The fourth-order valence-electron chi connectivity index (χ4n) is 2.55. The van der Waals surface area contributed by atoms with Crippen LogP contribution in [0, 0.1) is 0 Å². The fourth-order valence-corrected chi connectivity index (χ4v) is 2.55. The van der Waals surface area contributed by atoms with Crippen molar-refractivity contribution in [3.05, 3.63) is 11.6 Å². The molecule has 0 saturated carbocycles. The van der Waals surface area contributed by atoms with E-state index >= 15 is 0 Å².